The Morgan fingerprint density at radius 1 is 1.00 bits per heavy atom. The van der Waals surface area contributed by atoms with Gasteiger partial charge in [0.1, 0.15) is 0 Å². The van der Waals surface area contributed by atoms with E-state index in [4.69, 9.17) is 0 Å². The van der Waals surface area contributed by atoms with Crippen molar-refractivity contribution >= 4 is 0 Å². The summed E-state index contributed by atoms with van der Waals surface area (Å²) in [6, 6.07) is 0.968. The van der Waals surface area contributed by atoms with Crippen LogP contribution in [0.1, 0.15) is 34.6 Å². The molecule has 0 rings (SSSR count). The van der Waals surface area contributed by atoms with Crippen molar-refractivity contribution in [2.45, 2.75) is 52.9 Å². The highest BCUT2D eigenvalue weighted by Gasteiger charge is 2.10. The summed E-state index contributed by atoms with van der Waals surface area (Å²) in [6.45, 7) is 14.5. The molecule has 0 aromatic heterocycles. The fraction of sp³-hybridized carbons (Fsp3) is 0.800. The lowest BCUT2D eigenvalue weighted by atomic mass is 10.2. The van der Waals surface area contributed by atoms with Crippen LogP contribution in [0.15, 0.2) is 12.2 Å². The van der Waals surface area contributed by atoms with Crippen molar-refractivity contribution in [2.24, 2.45) is 0 Å². The van der Waals surface area contributed by atoms with E-state index in [1.54, 1.807) is 0 Å². The maximum absolute atomic E-state index is 3.94. The monoisotopic (exact) mass is 170 g/mol. The summed E-state index contributed by atoms with van der Waals surface area (Å²) in [4.78, 5) is 0. The van der Waals surface area contributed by atoms with Crippen molar-refractivity contribution in [1.29, 1.82) is 0 Å². The first-order valence-electron chi connectivity index (χ1n) is 4.61. The summed E-state index contributed by atoms with van der Waals surface area (Å²) < 4.78 is 0. The second-order valence-corrected chi connectivity index (χ2v) is 3.92. The zero-order valence-electron chi connectivity index (χ0n) is 8.94. The Kier molecular flexibility index (Phi) is 5.18. The Hall–Kier alpha value is -0.340. The molecule has 0 unspecified atom stereocenters. The van der Waals surface area contributed by atoms with E-state index in [1.165, 1.54) is 0 Å². The maximum Gasteiger partial charge on any atom is 0.0792 e. The average Bonchev–Trinajstić information content (AvgIpc) is 1.83. The molecule has 2 N–H and O–H groups in total. The summed E-state index contributed by atoms with van der Waals surface area (Å²) in [5.41, 5.74) is 1.14. The molecule has 0 bridgehead atoms. The number of hydrogen-bond donors (Lipinski definition) is 2. The lowest BCUT2D eigenvalue weighted by molar-refractivity contribution is 0.406. The third kappa shape index (κ3) is 5.33. The van der Waals surface area contributed by atoms with Gasteiger partial charge in [-0.15, -0.1) is 0 Å². The smallest absolute Gasteiger partial charge is 0.0792 e. The van der Waals surface area contributed by atoms with Gasteiger partial charge in [-0.2, -0.15) is 0 Å². The molecule has 0 saturated heterocycles. The van der Waals surface area contributed by atoms with E-state index in [0.29, 0.717) is 12.1 Å². The molecule has 0 amide bonds. The second-order valence-electron chi connectivity index (χ2n) is 3.92. The van der Waals surface area contributed by atoms with Crippen molar-refractivity contribution in [3.63, 3.8) is 0 Å². The van der Waals surface area contributed by atoms with E-state index in [-0.39, 0.29) is 6.17 Å². The molecule has 0 atom stereocenters. The molecule has 0 aliphatic carbocycles. The zero-order valence-corrected chi connectivity index (χ0v) is 8.94. The van der Waals surface area contributed by atoms with Crippen LogP contribution in [0.4, 0.5) is 0 Å². The average molecular weight is 170 g/mol. The Bertz CT molecular complexity index is 129. The van der Waals surface area contributed by atoms with E-state index >= 15 is 0 Å². The van der Waals surface area contributed by atoms with Crippen molar-refractivity contribution in [1.82, 2.24) is 10.6 Å². The van der Waals surface area contributed by atoms with Crippen LogP contribution in [0.25, 0.3) is 0 Å². The topological polar surface area (TPSA) is 24.1 Å². The van der Waals surface area contributed by atoms with Crippen LogP contribution in [0.5, 0.6) is 0 Å². The van der Waals surface area contributed by atoms with Crippen LogP contribution in [-0.2, 0) is 0 Å². The zero-order chi connectivity index (χ0) is 9.72. The number of hydrogen-bond acceptors (Lipinski definition) is 2. The van der Waals surface area contributed by atoms with Gasteiger partial charge in [-0.1, -0.05) is 6.58 Å². The van der Waals surface area contributed by atoms with E-state index in [9.17, 15) is 0 Å². The highest BCUT2D eigenvalue weighted by molar-refractivity contribution is 5.00. The van der Waals surface area contributed by atoms with E-state index in [2.05, 4.69) is 44.9 Å². The maximum atomic E-state index is 3.94. The normalized spacial score (nSPS) is 11.7. The molecular formula is C10H22N2. The molecule has 0 heterocycles. The fourth-order valence-corrected chi connectivity index (χ4v) is 0.999. The molecule has 0 aromatic carbocycles. The van der Waals surface area contributed by atoms with Gasteiger partial charge in [0.15, 0.2) is 0 Å². The van der Waals surface area contributed by atoms with E-state index < -0.39 is 0 Å². The Morgan fingerprint density at radius 2 is 1.33 bits per heavy atom. The van der Waals surface area contributed by atoms with Crippen LogP contribution in [0, 0.1) is 0 Å². The minimum atomic E-state index is 0.241. The fourth-order valence-electron chi connectivity index (χ4n) is 0.999. The number of rotatable bonds is 5. The van der Waals surface area contributed by atoms with Gasteiger partial charge in [0.25, 0.3) is 0 Å². The molecule has 12 heavy (non-hydrogen) atoms. The molecule has 72 valence electrons. The molecule has 0 aromatic rings. The first-order chi connectivity index (χ1) is 5.43. The Morgan fingerprint density at radius 3 is 1.50 bits per heavy atom. The molecule has 2 nitrogen and oxygen atoms in total. The van der Waals surface area contributed by atoms with Gasteiger partial charge >= 0.3 is 0 Å². The van der Waals surface area contributed by atoms with Gasteiger partial charge in [0.2, 0.25) is 0 Å². The summed E-state index contributed by atoms with van der Waals surface area (Å²) in [7, 11) is 0. The van der Waals surface area contributed by atoms with Gasteiger partial charge < -0.3 is 0 Å². The van der Waals surface area contributed by atoms with Gasteiger partial charge in [-0.3, -0.25) is 10.6 Å². The SMILES string of the molecule is C=C(C)C(NC(C)C)NC(C)C. The molecular weight excluding hydrogens is 148 g/mol. The van der Waals surface area contributed by atoms with Crippen LogP contribution >= 0.6 is 0 Å². The second kappa shape index (κ2) is 5.33. The van der Waals surface area contributed by atoms with Crippen molar-refractivity contribution in [3.8, 4) is 0 Å². The highest BCUT2D eigenvalue weighted by Crippen LogP contribution is 1.97. The minimum Gasteiger partial charge on any atom is -0.296 e. The van der Waals surface area contributed by atoms with Crippen LogP contribution in [-0.4, -0.2) is 18.2 Å². The van der Waals surface area contributed by atoms with Crippen LogP contribution in [0.3, 0.4) is 0 Å². The predicted molar refractivity (Wildman–Crippen MR) is 55.1 cm³/mol. The van der Waals surface area contributed by atoms with Gasteiger partial charge in [-0.05, 0) is 40.2 Å². The van der Waals surface area contributed by atoms with Crippen LogP contribution in [0.2, 0.25) is 0 Å². The third-order valence-corrected chi connectivity index (χ3v) is 1.49. The summed E-state index contributed by atoms with van der Waals surface area (Å²) in [5.74, 6) is 0. The standard InChI is InChI=1S/C10H22N2/c1-7(2)10(11-8(3)4)12-9(5)6/h8-12H,1H2,2-6H3. The molecule has 0 aliphatic rings. The van der Waals surface area contributed by atoms with Crippen molar-refractivity contribution in [3.05, 3.63) is 12.2 Å². The number of nitrogens with one attached hydrogen (secondary N) is 2. The molecule has 0 fully saturated rings. The summed E-state index contributed by atoms with van der Waals surface area (Å²) >= 11 is 0. The van der Waals surface area contributed by atoms with Crippen molar-refractivity contribution < 1.29 is 0 Å². The van der Waals surface area contributed by atoms with E-state index in [1.807, 2.05) is 6.92 Å². The predicted octanol–water partition coefficient (Wildman–Crippen LogP) is 1.88. The van der Waals surface area contributed by atoms with E-state index in [0.717, 1.165) is 5.57 Å². The van der Waals surface area contributed by atoms with Crippen molar-refractivity contribution in [2.75, 3.05) is 0 Å². The molecule has 0 spiro atoms. The lowest BCUT2D eigenvalue weighted by Gasteiger charge is -2.24. The third-order valence-electron chi connectivity index (χ3n) is 1.49. The first-order valence-corrected chi connectivity index (χ1v) is 4.61. The highest BCUT2D eigenvalue weighted by atomic mass is 15.1. The first kappa shape index (κ1) is 11.7. The Labute approximate surface area is 76.4 Å². The van der Waals surface area contributed by atoms with Gasteiger partial charge in [-0.25, -0.2) is 0 Å². The Balaban J connectivity index is 3.96. The quantitative estimate of drug-likeness (QED) is 0.486. The minimum absolute atomic E-state index is 0.241. The molecule has 0 radical (unpaired) electrons. The molecule has 2 heteroatoms. The van der Waals surface area contributed by atoms with Crippen LogP contribution < -0.4 is 10.6 Å². The molecule has 0 aliphatic heterocycles. The molecule has 0 saturated carbocycles. The van der Waals surface area contributed by atoms with Gasteiger partial charge in [0.05, 0.1) is 6.17 Å². The van der Waals surface area contributed by atoms with Gasteiger partial charge in [0, 0.05) is 12.1 Å². The summed E-state index contributed by atoms with van der Waals surface area (Å²) in [5, 5.41) is 6.80. The summed E-state index contributed by atoms with van der Waals surface area (Å²) in [6.07, 6.45) is 0.241. The lowest BCUT2D eigenvalue weighted by Crippen LogP contribution is -2.48. The largest absolute Gasteiger partial charge is 0.296 e.